The molecule has 0 aliphatic heterocycles. The minimum Gasteiger partial charge on any atom is -0.475 e. The first kappa shape index (κ1) is 15.2. The highest BCUT2D eigenvalue weighted by Crippen LogP contribution is 2.29. The van der Waals surface area contributed by atoms with Gasteiger partial charge in [-0.3, -0.25) is 4.68 Å². The van der Waals surface area contributed by atoms with Gasteiger partial charge in [0.1, 0.15) is 5.69 Å². The van der Waals surface area contributed by atoms with Crippen LogP contribution in [-0.4, -0.2) is 20.9 Å². The molecule has 4 rings (SSSR count). The smallest absolute Gasteiger partial charge is 0.371 e. The zero-order chi connectivity index (χ0) is 17.2. The fourth-order valence-corrected chi connectivity index (χ4v) is 2.94. The van der Waals surface area contributed by atoms with Crippen LogP contribution in [0.3, 0.4) is 0 Å². The van der Waals surface area contributed by atoms with Crippen molar-refractivity contribution in [1.82, 2.24) is 9.78 Å². The van der Waals surface area contributed by atoms with Gasteiger partial charge in [-0.15, -0.1) is 0 Å². The number of furan rings is 1. The molecule has 124 valence electrons. The van der Waals surface area contributed by atoms with Crippen molar-refractivity contribution in [3.63, 3.8) is 0 Å². The number of para-hydroxylation sites is 1. The zero-order valence-electron chi connectivity index (χ0n) is 13.4. The summed E-state index contributed by atoms with van der Waals surface area (Å²) in [6, 6.07) is 21.2. The maximum atomic E-state index is 11.1. The van der Waals surface area contributed by atoms with Crippen LogP contribution in [0.15, 0.2) is 71.1 Å². The number of nitrogens with zero attached hydrogens (tertiary/aromatic N) is 2. The third-order valence-corrected chi connectivity index (χ3v) is 4.16. The van der Waals surface area contributed by atoms with Crippen LogP contribution in [-0.2, 0) is 13.0 Å². The number of aryl methyl sites for hydroxylation is 2. The predicted molar refractivity (Wildman–Crippen MR) is 94.5 cm³/mol. The van der Waals surface area contributed by atoms with E-state index in [-0.39, 0.29) is 5.76 Å². The van der Waals surface area contributed by atoms with Gasteiger partial charge in [-0.2, -0.15) is 5.10 Å². The number of aromatic nitrogens is 2. The van der Waals surface area contributed by atoms with E-state index < -0.39 is 5.97 Å². The van der Waals surface area contributed by atoms with E-state index in [9.17, 15) is 4.79 Å². The molecule has 5 nitrogen and oxygen atoms in total. The number of carbonyl (C=O) groups is 1. The number of aromatic carboxylic acids is 1. The molecular weight excluding hydrogens is 316 g/mol. The number of carboxylic acid groups (broad SMARTS) is 1. The van der Waals surface area contributed by atoms with Crippen molar-refractivity contribution in [3.05, 3.63) is 78.1 Å². The number of benzene rings is 2. The first-order chi connectivity index (χ1) is 12.2. The normalized spacial score (nSPS) is 11.0. The molecule has 4 aromatic rings. The van der Waals surface area contributed by atoms with Crippen LogP contribution in [0.4, 0.5) is 0 Å². The number of fused-ring (bicyclic) bond motifs is 1. The van der Waals surface area contributed by atoms with Gasteiger partial charge in [0, 0.05) is 11.9 Å². The summed E-state index contributed by atoms with van der Waals surface area (Å²) in [5.41, 5.74) is 2.91. The lowest BCUT2D eigenvalue weighted by molar-refractivity contribution is 0.0663. The lowest BCUT2D eigenvalue weighted by Gasteiger charge is -2.03. The van der Waals surface area contributed by atoms with E-state index in [0.29, 0.717) is 11.5 Å². The summed E-state index contributed by atoms with van der Waals surface area (Å²) < 4.78 is 7.39. The molecule has 1 N–H and O–H groups in total. The van der Waals surface area contributed by atoms with Crippen LogP contribution in [0.2, 0.25) is 0 Å². The molecule has 2 aromatic carbocycles. The first-order valence-electron chi connectivity index (χ1n) is 8.05. The molecule has 0 radical (unpaired) electrons. The first-order valence-corrected chi connectivity index (χ1v) is 8.05. The quantitative estimate of drug-likeness (QED) is 0.593. The van der Waals surface area contributed by atoms with Crippen LogP contribution in [0, 0.1) is 0 Å². The summed E-state index contributed by atoms with van der Waals surface area (Å²) in [7, 11) is 0. The molecule has 0 fully saturated rings. The SMILES string of the molecule is O=C(O)c1ccc(-c2nn(CCc3ccccc3)c3ccccc23)o1. The van der Waals surface area contributed by atoms with E-state index in [4.69, 9.17) is 9.52 Å². The van der Waals surface area contributed by atoms with Crippen LogP contribution < -0.4 is 0 Å². The highest BCUT2D eigenvalue weighted by atomic mass is 16.4. The predicted octanol–water partition coefficient (Wildman–Crippen LogP) is 4.24. The molecular formula is C20H16N2O3. The van der Waals surface area contributed by atoms with Crippen LogP contribution in [0.5, 0.6) is 0 Å². The van der Waals surface area contributed by atoms with E-state index in [1.165, 1.54) is 11.6 Å². The summed E-state index contributed by atoms with van der Waals surface area (Å²) in [5, 5.41) is 14.7. The molecule has 25 heavy (non-hydrogen) atoms. The molecule has 0 saturated heterocycles. The van der Waals surface area contributed by atoms with Crippen molar-refractivity contribution in [1.29, 1.82) is 0 Å². The van der Waals surface area contributed by atoms with Gasteiger partial charge >= 0.3 is 5.97 Å². The fraction of sp³-hybridized carbons (Fsp3) is 0.100. The molecule has 0 bridgehead atoms. The summed E-state index contributed by atoms with van der Waals surface area (Å²) in [6.07, 6.45) is 0.866. The minimum absolute atomic E-state index is 0.0853. The van der Waals surface area contributed by atoms with Gasteiger partial charge in [0.2, 0.25) is 5.76 Å². The number of hydrogen-bond acceptors (Lipinski definition) is 3. The maximum absolute atomic E-state index is 11.1. The van der Waals surface area contributed by atoms with Gasteiger partial charge in [0.25, 0.3) is 0 Å². The lowest BCUT2D eigenvalue weighted by atomic mass is 10.1. The molecule has 0 aliphatic rings. The molecule has 2 aromatic heterocycles. The molecule has 0 amide bonds. The second kappa shape index (κ2) is 6.28. The van der Waals surface area contributed by atoms with E-state index in [0.717, 1.165) is 23.9 Å². The Morgan fingerprint density at radius 2 is 1.76 bits per heavy atom. The lowest BCUT2D eigenvalue weighted by Crippen LogP contribution is -2.03. The largest absolute Gasteiger partial charge is 0.475 e. The molecule has 0 aliphatic carbocycles. The van der Waals surface area contributed by atoms with Crippen LogP contribution in [0.1, 0.15) is 16.1 Å². The highest BCUT2D eigenvalue weighted by Gasteiger charge is 2.17. The van der Waals surface area contributed by atoms with Crippen molar-refractivity contribution in [2.75, 3.05) is 0 Å². The summed E-state index contributed by atoms with van der Waals surface area (Å²) in [6.45, 7) is 0.733. The number of hydrogen-bond donors (Lipinski definition) is 1. The van der Waals surface area contributed by atoms with E-state index in [1.807, 2.05) is 47.1 Å². The third-order valence-electron chi connectivity index (χ3n) is 4.16. The molecule has 0 spiro atoms. The van der Waals surface area contributed by atoms with Gasteiger partial charge in [-0.1, -0.05) is 48.5 Å². The molecule has 0 unspecified atom stereocenters. The Kier molecular flexibility index (Phi) is 3.82. The summed E-state index contributed by atoms with van der Waals surface area (Å²) in [4.78, 5) is 11.1. The van der Waals surface area contributed by atoms with Gasteiger partial charge < -0.3 is 9.52 Å². The number of rotatable bonds is 5. The topological polar surface area (TPSA) is 68.3 Å². The zero-order valence-corrected chi connectivity index (χ0v) is 13.4. The Morgan fingerprint density at radius 1 is 1.00 bits per heavy atom. The maximum Gasteiger partial charge on any atom is 0.371 e. The Bertz CT molecular complexity index is 1030. The van der Waals surface area contributed by atoms with Gasteiger partial charge in [-0.25, -0.2) is 4.79 Å². The average Bonchev–Trinajstić information content (AvgIpc) is 3.26. The van der Waals surface area contributed by atoms with Crippen LogP contribution in [0.25, 0.3) is 22.4 Å². The number of carboxylic acids is 1. The van der Waals surface area contributed by atoms with Crippen molar-refractivity contribution in [3.8, 4) is 11.5 Å². The third kappa shape index (κ3) is 2.92. The summed E-state index contributed by atoms with van der Waals surface area (Å²) >= 11 is 0. The Hall–Kier alpha value is -3.34. The second-order valence-electron chi connectivity index (χ2n) is 5.79. The van der Waals surface area contributed by atoms with Gasteiger partial charge in [0.15, 0.2) is 5.76 Å². The van der Waals surface area contributed by atoms with E-state index >= 15 is 0 Å². The van der Waals surface area contributed by atoms with Gasteiger partial charge in [-0.05, 0) is 30.2 Å². The molecule has 0 saturated carbocycles. The minimum atomic E-state index is -1.08. The molecule has 2 heterocycles. The van der Waals surface area contributed by atoms with Crippen molar-refractivity contribution < 1.29 is 14.3 Å². The monoisotopic (exact) mass is 332 g/mol. The molecule has 5 heteroatoms. The standard InChI is InChI=1S/C20H16N2O3/c23-20(24)18-11-10-17(25-18)19-15-8-4-5-9-16(15)22(21-19)13-12-14-6-2-1-3-7-14/h1-11H,12-13H2,(H,23,24). The molecule has 0 atom stereocenters. The van der Waals surface area contributed by atoms with E-state index in [1.54, 1.807) is 6.07 Å². The fourth-order valence-electron chi connectivity index (χ4n) is 2.94. The van der Waals surface area contributed by atoms with E-state index in [2.05, 4.69) is 17.2 Å². The highest BCUT2D eigenvalue weighted by molar-refractivity contribution is 5.93. The average molecular weight is 332 g/mol. The van der Waals surface area contributed by atoms with Crippen molar-refractivity contribution in [2.24, 2.45) is 0 Å². The van der Waals surface area contributed by atoms with Crippen LogP contribution >= 0.6 is 0 Å². The van der Waals surface area contributed by atoms with Gasteiger partial charge in [0.05, 0.1) is 5.52 Å². The van der Waals surface area contributed by atoms with Crippen molar-refractivity contribution in [2.45, 2.75) is 13.0 Å². The second-order valence-corrected chi connectivity index (χ2v) is 5.79. The Balaban J connectivity index is 1.72. The Labute approximate surface area is 144 Å². The Morgan fingerprint density at radius 3 is 2.52 bits per heavy atom. The van der Waals surface area contributed by atoms with Crippen molar-refractivity contribution >= 4 is 16.9 Å². The summed E-state index contributed by atoms with van der Waals surface area (Å²) in [5.74, 6) is -0.705.